The van der Waals surface area contributed by atoms with Crippen LogP contribution in [-0.4, -0.2) is 63.4 Å². The van der Waals surface area contributed by atoms with Crippen molar-refractivity contribution in [2.24, 2.45) is 11.8 Å². The van der Waals surface area contributed by atoms with Gasteiger partial charge in [-0.3, -0.25) is 14.8 Å². The van der Waals surface area contributed by atoms with Gasteiger partial charge in [-0.05, 0) is 86.9 Å². The molecule has 1 saturated heterocycles. The van der Waals surface area contributed by atoms with Crippen molar-refractivity contribution in [2.45, 2.75) is 49.7 Å². The van der Waals surface area contributed by atoms with Gasteiger partial charge in [0.05, 0.1) is 18.8 Å². The Kier molecular flexibility index (Phi) is 10.1. The first-order valence-electron chi connectivity index (χ1n) is 12.9. The number of rotatable bonds is 13. The van der Waals surface area contributed by atoms with E-state index in [1.807, 2.05) is 18.2 Å². The molecule has 1 fully saturated rings. The number of carboxylic acids is 1. The zero-order valence-electron chi connectivity index (χ0n) is 21.3. The van der Waals surface area contributed by atoms with E-state index in [1.165, 1.54) is 0 Å². The van der Waals surface area contributed by atoms with Crippen LogP contribution in [0.2, 0.25) is 0 Å². The number of likely N-dealkylation sites (tertiary alicyclic amines) is 1. The van der Waals surface area contributed by atoms with Crippen LogP contribution < -0.4 is 4.74 Å². The maximum Gasteiger partial charge on any atom is 0.303 e. The summed E-state index contributed by atoms with van der Waals surface area (Å²) in [6.45, 7) is 2.82. The molecule has 37 heavy (non-hydrogen) atoms. The van der Waals surface area contributed by atoms with E-state index in [4.69, 9.17) is 4.74 Å². The molecule has 3 atom stereocenters. The van der Waals surface area contributed by atoms with Gasteiger partial charge in [-0.25, -0.2) is 9.37 Å². The van der Waals surface area contributed by atoms with Crippen molar-refractivity contribution in [3.05, 3.63) is 54.6 Å². The molecule has 9 heteroatoms. The Morgan fingerprint density at radius 2 is 2.11 bits per heavy atom. The fourth-order valence-electron chi connectivity index (χ4n) is 5.26. The van der Waals surface area contributed by atoms with Gasteiger partial charge in [0.1, 0.15) is 16.9 Å². The summed E-state index contributed by atoms with van der Waals surface area (Å²) in [6.07, 6.45) is 9.67. The number of halogens is 1. The second kappa shape index (κ2) is 13.7. The molecular formula is C28H35FN4O3S. The predicted molar refractivity (Wildman–Crippen MR) is 144 cm³/mol. The van der Waals surface area contributed by atoms with Crippen LogP contribution >= 0.6 is 11.8 Å². The third kappa shape index (κ3) is 7.85. The Morgan fingerprint density at radius 1 is 1.22 bits per heavy atom. The number of hydrogen-bond donors (Lipinski definition) is 1. The maximum atomic E-state index is 15.5. The Bertz CT molecular complexity index is 1150. The van der Waals surface area contributed by atoms with Gasteiger partial charge in [0, 0.05) is 42.7 Å². The largest absolute Gasteiger partial charge is 0.497 e. The van der Waals surface area contributed by atoms with Crippen LogP contribution in [0.25, 0.3) is 10.9 Å². The van der Waals surface area contributed by atoms with Crippen molar-refractivity contribution in [3.8, 4) is 5.75 Å². The number of carbonyl (C=O) groups is 1. The molecule has 3 heterocycles. The molecule has 0 radical (unpaired) electrons. The van der Waals surface area contributed by atoms with Crippen molar-refractivity contribution < 1.29 is 19.0 Å². The number of alkyl halides is 1. The smallest absolute Gasteiger partial charge is 0.303 e. The molecule has 1 unspecified atom stereocenters. The van der Waals surface area contributed by atoms with Gasteiger partial charge in [-0.2, -0.15) is 0 Å². The average Bonchev–Trinajstić information content (AvgIpc) is 2.93. The minimum Gasteiger partial charge on any atom is -0.497 e. The van der Waals surface area contributed by atoms with E-state index >= 15 is 4.39 Å². The highest BCUT2D eigenvalue weighted by atomic mass is 32.2. The summed E-state index contributed by atoms with van der Waals surface area (Å²) in [5, 5.41) is 11.0. The van der Waals surface area contributed by atoms with E-state index in [0.29, 0.717) is 30.1 Å². The number of carboxylic acid groups (broad SMARTS) is 1. The van der Waals surface area contributed by atoms with Crippen LogP contribution in [-0.2, 0) is 4.79 Å². The molecule has 0 amide bonds. The average molecular weight is 527 g/mol. The van der Waals surface area contributed by atoms with Crippen LogP contribution in [0.5, 0.6) is 5.75 Å². The number of thioether (sulfide) groups is 1. The van der Waals surface area contributed by atoms with Gasteiger partial charge in [0.2, 0.25) is 0 Å². The zero-order chi connectivity index (χ0) is 26.0. The lowest BCUT2D eigenvalue weighted by molar-refractivity contribution is -0.137. The molecule has 0 saturated carbocycles. The summed E-state index contributed by atoms with van der Waals surface area (Å²) >= 11 is 1.70. The Labute approximate surface area is 221 Å². The fourth-order valence-corrected chi connectivity index (χ4v) is 6.02. The number of hydrogen-bond acceptors (Lipinski definition) is 7. The van der Waals surface area contributed by atoms with Gasteiger partial charge >= 0.3 is 5.97 Å². The van der Waals surface area contributed by atoms with E-state index in [9.17, 15) is 9.90 Å². The molecule has 0 bridgehead atoms. The number of piperidine rings is 1. The molecule has 2 aromatic heterocycles. The number of aromatic nitrogens is 3. The topological polar surface area (TPSA) is 88.4 Å². The van der Waals surface area contributed by atoms with Crippen LogP contribution in [0.3, 0.4) is 0 Å². The zero-order valence-corrected chi connectivity index (χ0v) is 22.1. The van der Waals surface area contributed by atoms with Crippen molar-refractivity contribution in [1.29, 1.82) is 0 Å². The predicted octanol–water partition coefficient (Wildman–Crippen LogP) is 5.81. The molecule has 1 N–H and O–H groups in total. The first kappa shape index (κ1) is 27.3. The minimum atomic E-state index is -1.10. The van der Waals surface area contributed by atoms with Gasteiger partial charge < -0.3 is 14.7 Å². The van der Waals surface area contributed by atoms with E-state index in [0.717, 1.165) is 60.6 Å². The molecule has 3 aromatic rings. The Hall–Kier alpha value is -2.78. The highest BCUT2D eigenvalue weighted by molar-refractivity contribution is 7.99. The lowest BCUT2D eigenvalue weighted by Crippen LogP contribution is -2.41. The molecule has 0 aliphatic carbocycles. The summed E-state index contributed by atoms with van der Waals surface area (Å²) < 4.78 is 20.9. The first-order chi connectivity index (χ1) is 18.0. The lowest BCUT2D eigenvalue weighted by Gasteiger charge is -2.39. The summed E-state index contributed by atoms with van der Waals surface area (Å²) in [5.74, 6) is 1.47. The van der Waals surface area contributed by atoms with Crippen molar-refractivity contribution in [1.82, 2.24) is 19.9 Å². The normalized spacial score (nSPS) is 19.1. The third-order valence-corrected chi connectivity index (χ3v) is 8.22. The first-order valence-corrected chi connectivity index (χ1v) is 13.9. The maximum absolute atomic E-state index is 15.5. The monoisotopic (exact) mass is 526 g/mol. The molecule has 1 aromatic carbocycles. The lowest BCUT2D eigenvalue weighted by atomic mass is 9.79. The van der Waals surface area contributed by atoms with Crippen LogP contribution in [0.4, 0.5) is 4.39 Å². The second-order valence-electron chi connectivity index (χ2n) is 9.62. The number of benzene rings is 1. The number of nitrogens with zero attached hydrogens (tertiary/aromatic N) is 4. The van der Waals surface area contributed by atoms with E-state index in [1.54, 1.807) is 49.7 Å². The molecular weight excluding hydrogens is 491 g/mol. The molecule has 1 aliphatic heterocycles. The number of ether oxygens (including phenoxy) is 1. The summed E-state index contributed by atoms with van der Waals surface area (Å²) in [6, 6.07) is 7.30. The van der Waals surface area contributed by atoms with Crippen LogP contribution in [0, 0.1) is 11.8 Å². The van der Waals surface area contributed by atoms with E-state index < -0.39 is 12.1 Å². The van der Waals surface area contributed by atoms with Crippen LogP contribution in [0.15, 0.2) is 54.1 Å². The number of fused-ring (bicyclic) bond motifs is 1. The number of pyridine rings is 1. The van der Waals surface area contributed by atoms with Crippen molar-refractivity contribution in [2.75, 3.05) is 32.5 Å². The molecule has 0 spiro atoms. The third-order valence-electron chi connectivity index (χ3n) is 7.22. The Balaban J connectivity index is 1.32. The SMILES string of the molecule is COc1ccc2nccc(C(F)CC[C@@H]3CCN(CCCSc4cnccn4)C[C@@H]3CCC(=O)O)c2c1. The fraction of sp³-hybridized carbons (Fsp3) is 0.500. The van der Waals surface area contributed by atoms with Gasteiger partial charge in [-0.1, -0.05) is 0 Å². The number of methoxy groups -OCH3 is 1. The van der Waals surface area contributed by atoms with E-state index in [2.05, 4.69) is 19.9 Å². The van der Waals surface area contributed by atoms with Crippen molar-refractivity contribution in [3.63, 3.8) is 0 Å². The van der Waals surface area contributed by atoms with Gasteiger partial charge in [0.25, 0.3) is 0 Å². The van der Waals surface area contributed by atoms with Gasteiger partial charge in [-0.15, -0.1) is 11.8 Å². The second-order valence-corrected chi connectivity index (χ2v) is 10.7. The standard InChI is InChI=1S/C28H35FN4O3S/c1-36-22-5-7-26-24(17-22)23(9-11-31-26)25(29)6-3-20-10-15-33(19-21(20)4-8-28(34)35)14-2-16-37-27-18-30-12-13-32-27/h5,7,9,11-13,17-18,20-21,25H,2-4,6,8,10,14-16,19H2,1H3,(H,34,35)/t20-,21+,25?/m1/s1. The molecule has 7 nitrogen and oxygen atoms in total. The van der Waals surface area contributed by atoms with Crippen LogP contribution in [0.1, 0.15) is 50.3 Å². The van der Waals surface area contributed by atoms with E-state index in [-0.39, 0.29) is 12.3 Å². The van der Waals surface area contributed by atoms with Crippen molar-refractivity contribution >= 4 is 28.6 Å². The summed E-state index contributed by atoms with van der Waals surface area (Å²) in [4.78, 5) is 26.5. The summed E-state index contributed by atoms with van der Waals surface area (Å²) in [7, 11) is 1.60. The quantitative estimate of drug-likeness (QED) is 0.221. The highest BCUT2D eigenvalue weighted by Gasteiger charge is 2.30. The molecule has 1 aliphatic rings. The minimum absolute atomic E-state index is 0.158. The number of aliphatic carboxylic acids is 1. The summed E-state index contributed by atoms with van der Waals surface area (Å²) in [5.41, 5.74) is 1.40. The molecule has 198 valence electrons. The molecule has 4 rings (SSSR count). The highest BCUT2D eigenvalue weighted by Crippen LogP contribution is 2.36. The van der Waals surface area contributed by atoms with Gasteiger partial charge in [0.15, 0.2) is 0 Å². The Morgan fingerprint density at radius 3 is 2.89 bits per heavy atom.